The van der Waals surface area contributed by atoms with E-state index in [1.165, 1.54) is 7.11 Å². The van der Waals surface area contributed by atoms with Gasteiger partial charge >= 0.3 is 5.97 Å². The van der Waals surface area contributed by atoms with E-state index < -0.39 is 5.97 Å². The first-order valence-electron chi connectivity index (χ1n) is 4.61. The molecule has 1 aromatic carbocycles. The summed E-state index contributed by atoms with van der Waals surface area (Å²) >= 11 is 0. The molecule has 0 unspecified atom stereocenters. The van der Waals surface area contributed by atoms with Crippen molar-refractivity contribution in [3.8, 4) is 11.5 Å². The predicted molar refractivity (Wildman–Crippen MR) is 59.0 cm³/mol. The molecule has 0 aromatic heterocycles. The molecule has 84 valence electrons. The third-order valence-electron chi connectivity index (χ3n) is 2.04. The van der Waals surface area contributed by atoms with Gasteiger partial charge in [0, 0.05) is 6.08 Å². The van der Waals surface area contributed by atoms with Crippen LogP contribution in [0.4, 0.5) is 0 Å². The summed E-state index contributed by atoms with van der Waals surface area (Å²) in [5.74, 6) is -0.130. The molecule has 1 aromatic rings. The number of carbonyl (C=O) groups is 2. The lowest BCUT2D eigenvalue weighted by Gasteiger charge is -2.12. The Morgan fingerprint density at radius 1 is 1.38 bits per heavy atom. The quantitative estimate of drug-likeness (QED) is 0.336. The number of rotatable bonds is 4. The van der Waals surface area contributed by atoms with Crippen molar-refractivity contribution in [3.63, 3.8) is 0 Å². The molecular weight excluding hydrogens is 208 g/mol. The van der Waals surface area contributed by atoms with Gasteiger partial charge in [-0.25, -0.2) is 4.79 Å². The first-order chi connectivity index (χ1) is 7.63. The van der Waals surface area contributed by atoms with Gasteiger partial charge in [-0.05, 0) is 18.6 Å². The van der Waals surface area contributed by atoms with Gasteiger partial charge in [0.15, 0.2) is 17.8 Å². The molecule has 0 spiro atoms. The average molecular weight is 220 g/mol. The third-order valence-corrected chi connectivity index (χ3v) is 2.04. The topological polar surface area (TPSA) is 52.6 Å². The van der Waals surface area contributed by atoms with Crippen LogP contribution in [-0.2, 0) is 4.79 Å². The van der Waals surface area contributed by atoms with Crippen LogP contribution in [-0.4, -0.2) is 19.4 Å². The van der Waals surface area contributed by atoms with E-state index in [0.29, 0.717) is 12.0 Å². The average Bonchev–Trinajstić information content (AvgIpc) is 2.29. The Morgan fingerprint density at radius 3 is 2.56 bits per heavy atom. The summed E-state index contributed by atoms with van der Waals surface area (Å²) in [5.41, 5.74) is 1.04. The molecule has 16 heavy (non-hydrogen) atoms. The molecule has 0 bridgehead atoms. The molecule has 0 radical (unpaired) electrons. The van der Waals surface area contributed by atoms with Gasteiger partial charge in [-0.1, -0.05) is 12.6 Å². The van der Waals surface area contributed by atoms with Crippen molar-refractivity contribution in [2.75, 3.05) is 7.11 Å². The number of hydrogen-bond acceptors (Lipinski definition) is 4. The fraction of sp³-hybridized carbons (Fsp3) is 0.167. The summed E-state index contributed by atoms with van der Waals surface area (Å²) < 4.78 is 10.1. The highest BCUT2D eigenvalue weighted by molar-refractivity contribution is 5.88. The van der Waals surface area contributed by atoms with Crippen molar-refractivity contribution in [1.82, 2.24) is 0 Å². The molecule has 4 heteroatoms. The smallest absolute Gasteiger partial charge is 0.335 e. The van der Waals surface area contributed by atoms with E-state index in [1.807, 2.05) is 0 Å². The predicted octanol–water partition coefficient (Wildman–Crippen LogP) is 1.91. The highest BCUT2D eigenvalue weighted by Gasteiger charge is 2.15. The van der Waals surface area contributed by atoms with E-state index in [4.69, 9.17) is 9.47 Å². The van der Waals surface area contributed by atoms with Crippen LogP contribution in [0.25, 0.3) is 0 Å². The molecule has 0 saturated carbocycles. The number of benzene rings is 1. The Labute approximate surface area is 93.5 Å². The molecule has 1 rings (SSSR count). The monoisotopic (exact) mass is 220 g/mol. The zero-order valence-electron chi connectivity index (χ0n) is 9.15. The zero-order chi connectivity index (χ0) is 12.1. The second-order valence-electron chi connectivity index (χ2n) is 3.08. The van der Waals surface area contributed by atoms with Gasteiger partial charge in [0.2, 0.25) is 0 Å². The van der Waals surface area contributed by atoms with E-state index in [9.17, 15) is 9.59 Å². The van der Waals surface area contributed by atoms with Crippen LogP contribution in [0.2, 0.25) is 0 Å². The van der Waals surface area contributed by atoms with Crippen molar-refractivity contribution in [2.24, 2.45) is 0 Å². The molecule has 4 nitrogen and oxygen atoms in total. The Morgan fingerprint density at radius 2 is 2.06 bits per heavy atom. The molecule has 0 aliphatic carbocycles. The van der Waals surface area contributed by atoms with Crippen LogP contribution in [0.5, 0.6) is 11.5 Å². The molecule has 0 saturated heterocycles. The Bertz CT molecular complexity index is 435. The fourth-order valence-electron chi connectivity index (χ4n) is 1.27. The largest absolute Gasteiger partial charge is 0.493 e. The minimum Gasteiger partial charge on any atom is -0.493 e. The molecule has 0 N–H and O–H groups in total. The van der Waals surface area contributed by atoms with Crippen molar-refractivity contribution in [3.05, 3.63) is 35.9 Å². The lowest BCUT2D eigenvalue weighted by atomic mass is 10.1. The second kappa shape index (κ2) is 5.11. The summed E-state index contributed by atoms with van der Waals surface area (Å²) in [6.07, 6.45) is 1.63. The first kappa shape index (κ1) is 12.0. The number of esters is 1. The number of hydrogen-bond donors (Lipinski definition) is 0. The van der Waals surface area contributed by atoms with Gasteiger partial charge in [-0.15, -0.1) is 0 Å². The van der Waals surface area contributed by atoms with Gasteiger partial charge in [0.25, 0.3) is 0 Å². The molecule has 0 aliphatic rings. The number of carbonyl (C=O) groups excluding carboxylic acids is 2. The number of aldehydes is 1. The van der Waals surface area contributed by atoms with Crippen LogP contribution in [0.1, 0.15) is 15.9 Å². The summed E-state index contributed by atoms with van der Waals surface area (Å²) in [4.78, 5) is 21.9. The normalized spacial score (nSPS) is 9.38. The molecule has 0 aliphatic heterocycles. The van der Waals surface area contributed by atoms with Crippen molar-refractivity contribution < 1.29 is 19.1 Å². The van der Waals surface area contributed by atoms with Crippen LogP contribution in [0, 0.1) is 6.92 Å². The summed E-state index contributed by atoms with van der Waals surface area (Å²) in [5, 5.41) is 0. The fourth-order valence-corrected chi connectivity index (χ4v) is 1.27. The van der Waals surface area contributed by atoms with E-state index in [1.54, 1.807) is 19.1 Å². The Balaban J connectivity index is 3.29. The maximum Gasteiger partial charge on any atom is 0.335 e. The van der Waals surface area contributed by atoms with E-state index in [2.05, 4.69) is 6.58 Å². The van der Waals surface area contributed by atoms with Crippen molar-refractivity contribution in [2.45, 2.75) is 6.92 Å². The van der Waals surface area contributed by atoms with E-state index in [-0.39, 0.29) is 11.3 Å². The number of ether oxygens (including phenoxy) is 2. The lowest BCUT2D eigenvalue weighted by molar-refractivity contribution is -0.129. The van der Waals surface area contributed by atoms with Crippen molar-refractivity contribution >= 4 is 12.3 Å². The standard InChI is InChI=1S/C12H12O4/c1-4-10(14)16-12-9(7-13)6-5-8(2)11(12)15-3/h4-7H,1H2,2-3H3. The van der Waals surface area contributed by atoms with Gasteiger partial charge in [0.1, 0.15) is 0 Å². The number of aryl methyl sites for hydroxylation is 1. The lowest BCUT2D eigenvalue weighted by Crippen LogP contribution is -2.07. The zero-order valence-corrected chi connectivity index (χ0v) is 9.15. The summed E-state index contributed by atoms with van der Waals surface area (Å²) in [7, 11) is 1.45. The molecule has 0 heterocycles. The minimum absolute atomic E-state index is 0.127. The SMILES string of the molecule is C=CC(=O)Oc1c(C=O)ccc(C)c1OC. The maximum atomic E-state index is 11.1. The highest BCUT2D eigenvalue weighted by atomic mass is 16.6. The van der Waals surface area contributed by atoms with Gasteiger partial charge < -0.3 is 9.47 Å². The Hall–Kier alpha value is -2.10. The van der Waals surface area contributed by atoms with Crippen LogP contribution >= 0.6 is 0 Å². The highest BCUT2D eigenvalue weighted by Crippen LogP contribution is 2.33. The minimum atomic E-state index is -0.632. The van der Waals surface area contributed by atoms with Crippen molar-refractivity contribution in [1.29, 1.82) is 0 Å². The van der Waals surface area contributed by atoms with Crippen LogP contribution in [0.15, 0.2) is 24.8 Å². The van der Waals surface area contributed by atoms with E-state index >= 15 is 0 Å². The first-order valence-corrected chi connectivity index (χ1v) is 4.61. The molecule has 0 amide bonds. The van der Waals surface area contributed by atoms with Gasteiger partial charge in [-0.3, -0.25) is 4.79 Å². The Kier molecular flexibility index (Phi) is 3.83. The van der Waals surface area contributed by atoms with Gasteiger partial charge in [0.05, 0.1) is 12.7 Å². The molecule has 0 fully saturated rings. The number of methoxy groups -OCH3 is 1. The summed E-state index contributed by atoms with van der Waals surface area (Å²) in [6.45, 7) is 5.08. The molecule has 0 atom stereocenters. The van der Waals surface area contributed by atoms with E-state index in [0.717, 1.165) is 11.6 Å². The summed E-state index contributed by atoms with van der Waals surface area (Å²) in [6, 6.07) is 3.28. The third kappa shape index (κ3) is 2.28. The molecular formula is C12H12O4. The van der Waals surface area contributed by atoms with Gasteiger partial charge in [-0.2, -0.15) is 0 Å². The van der Waals surface area contributed by atoms with Crippen LogP contribution < -0.4 is 9.47 Å². The van der Waals surface area contributed by atoms with Crippen LogP contribution in [0.3, 0.4) is 0 Å². The maximum absolute atomic E-state index is 11.1. The second-order valence-corrected chi connectivity index (χ2v) is 3.08.